The van der Waals surface area contributed by atoms with Crippen LogP contribution < -0.4 is 20.9 Å². The lowest BCUT2D eigenvalue weighted by Gasteiger charge is -2.43. The van der Waals surface area contributed by atoms with Gasteiger partial charge in [0.2, 0.25) is 27.8 Å². The number of anilines is 4. The van der Waals surface area contributed by atoms with Crippen molar-refractivity contribution in [2.24, 2.45) is 0 Å². The fourth-order valence-corrected chi connectivity index (χ4v) is 8.96. The van der Waals surface area contributed by atoms with Gasteiger partial charge < -0.3 is 20.6 Å². The SMILES string of the molecule is CC(C)(O)Cn1cc(-c2nc(Nc3ccc(S(=O)(=O)N4CCC(N5CCN(c6ccc(N[C@H]7CCC(=O)NC7=O)cc6F)CC5)CC4)cc3)ncc2C(F)(F)F)cn1. The summed E-state index contributed by atoms with van der Waals surface area (Å²) in [6.45, 7) is 6.31. The summed E-state index contributed by atoms with van der Waals surface area (Å²) in [6, 6.07) is 10.1. The molecule has 2 aromatic heterocycles. The number of carbonyl (C=O) groups is 2. The van der Waals surface area contributed by atoms with E-state index in [-0.39, 0.29) is 41.3 Å². The van der Waals surface area contributed by atoms with E-state index in [1.54, 1.807) is 26.0 Å². The Balaban J connectivity index is 0.921. The van der Waals surface area contributed by atoms with Gasteiger partial charge in [0.25, 0.3) is 0 Å². The van der Waals surface area contributed by atoms with Crippen molar-refractivity contribution in [3.8, 4) is 11.3 Å². The first-order valence-corrected chi connectivity index (χ1v) is 20.3. The van der Waals surface area contributed by atoms with Crippen molar-refractivity contribution in [3.63, 3.8) is 0 Å². The number of carbonyl (C=O) groups excluding carboxylic acids is 2. The van der Waals surface area contributed by atoms with E-state index in [0.29, 0.717) is 81.8 Å². The molecule has 0 aliphatic carbocycles. The number of amides is 2. The summed E-state index contributed by atoms with van der Waals surface area (Å²) in [5.74, 6) is -1.31. The Morgan fingerprint density at radius 3 is 2.26 bits per heavy atom. The van der Waals surface area contributed by atoms with Crippen LogP contribution in [0.3, 0.4) is 0 Å². The van der Waals surface area contributed by atoms with Crippen LogP contribution in [0.15, 0.2) is 66.0 Å². The molecule has 15 nitrogen and oxygen atoms in total. The zero-order chi connectivity index (χ0) is 41.4. The molecule has 3 fully saturated rings. The molecule has 0 radical (unpaired) electrons. The number of piperazine rings is 1. The first kappa shape index (κ1) is 41.0. The zero-order valence-corrected chi connectivity index (χ0v) is 32.7. The van der Waals surface area contributed by atoms with Crippen LogP contribution in [0.5, 0.6) is 0 Å². The highest BCUT2D eigenvalue weighted by Gasteiger charge is 2.37. The standard InChI is InChI=1S/C38H44F4N10O5S/c1-37(2,55)23-51-22-24(20-44-51)34-29(38(40,41)42)21-43-36(48-34)46-25-3-6-28(7-4-25)58(56,57)52-13-11-27(12-14-52)49-15-17-50(18-16-49)32-9-5-26(19-30(32)39)45-31-8-10-33(53)47-35(31)54/h3-7,9,19-22,27,31,45,55H,8,10-18,23H2,1-2H3,(H,43,46,48)(H,47,53,54)/t31-/m0/s1. The third kappa shape index (κ3) is 9.40. The van der Waals surface area contributed by atoms with Crippen LogP contribution in [-0.4, -0.2) is 111 Å². The Bertz CT molecular complexity index is 2250. The summed E-state index contributed by atoms with van der Waals surface area (Å²) in [7, 11) is -3.84. The molecule has 58 heavy (non-hydrogen) atoms. The van der Waals surface area contributed by atoms with Crippen LogP contribution in [0.25, 0.3) is 11.3 Å². The number of alkyl halides is 3. The fourth-order valence-electron chi connectivity index (χ4n) is 7.49. The van der Waals surface area contributed by atoms with Gasteiger partial charge in [-0.3, -0.25) is 24.5 Å². The monoisotopic (exact) mass is 828 g/mol. The van der Waals surface area contributed by atoms with Gasteiger partial charge in [-0.2, -0.15) is 22.6 Å². The Kier molecular flexibility index (Phi) is 11.5. The first-order valence-electron chi connectivity index (χ1n) is 18.9. The lowest BCUT2D eigenvalue weighted by molar-refractivity contribution is -0.137. The minimum absolute atomic E-state index is 0.0485. The molecule has 1 atom stereocenters. The second-order valence-electron chi connectivity index (χ2n) is 15.3. The molecule has 3 aliphatic heterocycles. The predicted molar refractivity (Wildman–Crippen MR) is 206 cm³/mol. The Labute approximate surface area is 332 Å². The number of halogens is 4. The highest BCUT2D eigenvalue weighted by atomic mass is 32.2. The van der Waals surface area contributed by atoms with Crippen LogP contribution >= 0.6 is 0 Å². The molecule has 7 rings (SSSR count). The Morgan fingerprint density at radius 2 is 1.62 bits per heavy atom. The van der Waals surface area contributed by atoms with Crippen molar-refractivity contribution >= 4 is 44.8 Å². The number of piperidine rings is 2. The molecule has 0 spiro atoms. The summed E-state index contributed by atoms with van der Waals surface area (Å²) in [4.78, 5) is 35.8. The van der Waals surface area contributed by atoms with Gasteiger partial charge in [-0.25, -0.2) is 22.8 Å². The minimum Gasteiger partial charge on any atom is -0.389 e. The number of aliphatic hydroxyl groups is 1. The van der Waals surface area contributed by atoms with E-state index in [0.717, 1.165) is 0 Å². The average molecular weight is 829 g/mol. The summed E-state index contributed by atoms with van der Waals surface area (Å²) in [5.41, 5.74) is -1.26. The molecule has 2 aromatic carbocycles. The molecule has 0 saturated carbocycles. The van der Waals surface area contributed by atoms with Crippen LogP contribution in [-0.2, 0) is 32.3 Å². The largest absolute Gasteiger partial charge is 0.419 e. The van der Waals surface area contributed by atoms with E-state index in [1.165, 1.54) is 51.7 Å². The molecular weight excluding hydrogens is 785 g/mol. The topological polar surface area (TPSA) is 178 Å². The molecule has 3 saturated heterocycles. The van der Waals surface area contributed by atoms with Crippen molar-refractivity contribution in [1.82, 2.24) is 34.3 Å². The van der Waals surface area contributed by atoms with E-state index in [1.807, 2.05) is 4.90 Å². The number of nitrogens with one attached hydrogen (secondary N) is 3. The molecule has 20 heteroatoms. The highest BCUT2D eigenvalue weighted by Crippen LogP contribution is 2.36. The summed E-state index contributed by atoms with van der Waals surface area (Å²) >= 11 is 0. The van der Waals surface area contributed by atoms with E-state index < -0.39 is 50.8 Å². The summed E-state index contributed by atoms with van der Waals surface area (Å²) < 4.78 is 86.9. The van der Waals surface area contributed by atoms with E-state index in [9.17, 15) is 36.3 Å². The molecule has 3 aliphatic rings. The maximum absolute atomic E-state index is 15.2. The molecule has 4 N–H and O–H groups in total. The molecule has 4 aromatic rings. The van der Waals surface area contributed by atoms with Gasteiger partial charge in [0.05, 0.1) is 34.6 Å². The second kappa shape index (κ2) is 16.2. The predicted octanol–water partition coefficient (Wildman–Crippen LogP) is 4.20. The number of rotatable bonds is 11. The van der Waals surface area contributed by atoms with Gasteiger partial charge in [0.1, 0.15) is 17.4 Å². The number of hydrogen-bond donors (Lipinski definition) is 4. The number of imide groups is 1. The minimum atomic E-state index is -4.75. The average Bonchev–Trinajstić information content (AvgIpc) is 3.63. The van der Waals surface area contributed by atoms with Crippen LogP contribution in [0.1, 0.15) is 45.1 Å². The van der Waals surface area contributed by atoms with Gasteiger partial charge in [-0.05, 0) is 75.6 Å². The van der Waals surface area contributed by atoms with Crippen LogP contribution in [0.4, 0.5) is 40.6 Å². The van der Waals surface area contributed by atoms with Gasteiger partial charge in [0, 0.05) is 81.1 Å². The van der Waals surface area contributed by atoms with Crippen LogP contribution in [0, 0.1) is 5.82 Å². The van der Waals surface area contributed by atoms with E-state index >= 15 is 4.39 Å². The molecule has 0 bridgehead atoms. The maximum atomic E-state index is 15.2. The van der Waals surface area contributed by atoms with E-state index in [4.69, 9.17) is 0 Å². The zero-order valence-electron chi connectivity index (χ0n) is 31.8. The third-order valence-electron chi connectivity index (χ3n) is 10.4. The van der Waals surface area contributed by atoms with Gasteiger partial charge in [-0.1, -0.05) is 0 Å². The number of sulfonamides is 1. The lowest BCUT2D eigenvalue weighted by atomic mass is 10.0. The van der Waals surface area contributed by atoms with Crippen molar-refractivity contribution in [3.05, 3.63) is 72.4 Å². The van der Waals surface area contributed by atoms with Gasteiger partial charge in [-0.15, -0.1) is 0 Å². The molecule has 0 unspecified atom stereocenters. The molecular formula is C38H44F4N10O5S. The van der Waals surface area contributed by atoms with Gasteiger partial charge in [0.15, 0.2) is 0 Å². The maximum Gasteiger partial charge on any atom is 0.419 e. The third-order valence-corrected chi connectivity index (χ3v) is 12.3. The Morgan fingerprint density at radius 1 is 0.931 bits per heavy atom. The number of aromatic nitrogens is 4. The summed E-state index contributed by atoms with van der Waals surface area (Å²) in [5, 5.41) is 22.3. The van der Waals surface area contributed by atoms with Crippen molar-refractivity contribution in [2.45, 2.75) is 74.8 Å². The van der Waals surface area contributed by atoms with Crippen LogP contribution in [0.2, 0.25) is 0 Å². The molecule has 5 heterocycles. The first-order chi connectivity index (χ1) is 27.4. The molecule has 310 valence electrons. The summed E-state index contributed by atoms with van der Waals surface area (Å²) in [6.07, 6.45) is 0.316. The fraction of sp³-hybridized carbons (Fsp3) is 0.447. The quantitative estimate of drug-likeness (QED) is 0.125. The van der Waals surface area contributed by atoms with E-state index in [2.05, 4.69) is 35.9 Å². The lowest BCUT2D eigenvalue weighted by Crippen LogP contribution is -2.53. The number of nitrogens with zero attached hydrogens (tertiary/aromatic N) is 7. The Hall–Kier alpha value is -5.18. The highest BCUT2D eigenvalue weighted by molar-refractivity contribution is 7.89. The van der Waals surface area contributed by atoms with Crippen molar-refractivity contribution < 1.29 is 40.7 Å². The molecule has 2 amide bonds. The van der Waals surface area contributed by atoms with Crippen molar-refractivity contribution in [1.29, 1.82) is 0 Å². The number of hydrogen-bond acceptors (Lipinski definition) is 12. The normalized spacial score (nSPS) is 19.3. The smallest absolute Gasteiger partial charge is 0.389 e. The number of benzene rings is 2. The second-order valence-corrected chi connectivity index (χ2v) is 17.3. The van der Waals surface area contributed by atoms with Gasteiger partial charge >= 0.3 is 6.18 Å². The van der Waals surface area contributed by atoms with Crippen molar-refractivity contribution in [2.75, 3.05) is 54.8 Å².